The quantitative estimate of drug-likeness (QED) is 0.929. The SMILES string of the molecule is Cc1ccc2c(c1)CC(CNc1ccc(N(C)C)cc1)O2. The third kappa shape index (κ3) is 3.13. The third-order valence-corrected chi connectivity index (χ3v) is 3.87. The molecule has 2 aromatic rings. The lowest BCUT2D eigenvalue weighted by Gasteiger charge is -2.15. The van der Waals surface area contributed by atoms with Crippen LogP contribution in [-0.4, -0.2) is 26.7 Å². The molecule has 0 saturated carbocycles. The summed E-state index contributed by atoms with van der Waals surface area (Å²) in [6.45, 7) is 2.95. The topological polar surface area (TPSA) is 24.5 Å². The van der Waals surface area contributed by atoms with Crippen LogP contribution in [0.2, 0.25) is 0 Å². The lowest BCUT2D eigenvalue weighted by atomic mass is 10.1. The summed E-state index contributed by atoms with van der Waals surface area (Å²) in [7, 11) is 4.10. The highest BCUT2D eigenvalue weighted by atomic mass is 16.5. The smallest absolute Gasteiger partial charge is 0.123 e. The van der Waals surface area contributed by atoms with Gasteiger partial charge < -0.3 is 15.0 Å². The molecule has 0 radical (unpaired) electrons. The number of nitrogens with one attached hydrogen (secondary N) is 1. The summed E-state index contributed by atoms with van der Waals surface area (Å²) in [6.07, 6.45) is 1.20. The molecule has 1 heterocycles. The molecule has 3 nitrogen and oxygen atoms in total. The van der Waals surface area contributed by atoms with E-state index in [1.807, 2.05) is 14.1 Å². The zero-order chi connectivity index (χ0) is 14.8. The van der Waals surface area contributed by atoms with E-state index in [9.17, 15) is 0 Å². The molecule has 21 heavy (non-hydrogen) atoms. The fraction of sp³-hybridized carbons (Fsp3) is 0.333. The van der Waals surface area contributed by atoms with E-state index in [4.69, 9.17) is 4.74 Å². The summed E-state index contributed by atoms with van der Waals surface area (Å²) < 4.78 is 5.97. The number of nitrogens with zero attached hydrogens (tertiary/aromatic N) is 1. The van der Waals surface area contributed by atoms with Gasteiger partial charge in [-0.2, -0.15) is 0 Å². The number of ether oxygens (including phenoxy) is 1. The molecule has 0 aliphatic carbocycles. The predicted molar refractivity (Wildman–Crippen MR) is 88.6 cm³/mol. The van der Waals surface area contributed by atoms with Crippen LogP contribution in [0, 0.1) is 6.92 Å². The normalized spacial score (nSPS) is 16.2. The summed E-state index contributed by atoms with van der Waals surface area (Å²) in [6, 6.07) is 14.9. The Morgan fingerprint density at radius 2 is 1.90 bits per heavy atom. The fourth-order valence-corrected chi connectivity index (χ4v) is 2.67. The van der Waals surface area contributed by atoms with Crippen molar-refractivity contribution in [2.45, 2.75) is 19.4 Å². The molecule has 1 atom stereocenters. The first-order chi connectivity index (χ1) is 10.1. The summed E-state index contributed by atoms with van der Waals surface area (Å²) in [5, 5.41) is 3.46. The standard InChI is InChI=1S/C18H22N2O/c1-13-4-9-18-14(10-13)11-17(21-18)12-19-15-5-7-16(8-6-15)20(2)3/h4-10,17,19H,11-12H2,1-3H3. The second-order valence-corrected chi connectivity index (χ2v) is 5.88. The predicted octanol–water partition coefficient (Wildman–Crippen LogP) is 3.48. The first-order valence-corrected chi connectivity index (χ1v) is 7.39. The van der Waals surface area contributed by atoms with Crippen molar-refractivity contribution in [2.24, 2.45) is 0 Å². The Hall–Kier alpha value is -2.16. The minimum atomic E-state index is 0.218. The minimum absolute atomic E-state index is 0.218. The first-order valence-electron chi connectivity index (χ1n) is 7.39. The van der Waals surface area contributed by atoms with Crippen molar-refractivity contribution in [3.8, 4) is 5.75 Å². The number of benzene rings is 2. The van der Waals surface area contributed by atoms with Crippen molar-refractivity contribution in [1.29, 1.82) is 0 Å². The second kappa shape index (κ2) is 5.68. The van der Waals surface area contributed by atoms with Gasteiger partial charge in [-0.05, 0) is 42.8 Å². The molecule has 0 spiro atoms. The summed E-state index contributed by atoms with van der Waals surface area (Å²) in [5.74, 6) is 1.04. The van der Waals surface area contributed by atoms with Crippen molar-refractivity contribution in [2.75, 3.05) is 30.9 Å². The molecule has 0 bridgehead atoms. The lowest BCUT2D eigenvalue weighted by molar-refractivity contribution is 0.246. The maximum Gasteiger partial charge on any atom is 0.123 e. The van der Waals surface area contributed by atoms with Crippen LogP contribution in [0.25, 0.3) is 0 Å². The van der Waals surface area contributed by atoms with E-state index in [0.29, 0.717) is 0 Å². The largest absolute Gasteiger partial charge is 0.488 e. The lowest BCUT2D eigenvalue weighted by Crippen LogP contribution is -2.23. The maximum absolute atomic E-state index is 5.97. The maximum atomic E-state index is 5.97. The molecule has 0 saturated heterocycles. The Morgan fingerprint density at radius 1 is 1.14 bits per heavy atom. The molecule has 1 unspecified atom stereocenters. The van der Waals surface area contributed by atoms with Crippen molar-refractivity contribution >= 4 is 11.4 Å². The van der Waals surface area contributed by atoms with E-state index >= 15 is 0 Å². The number of hydrogen-bond acceptors (Lipinski definition) is 3. The van der Waals surface area contributed by atoms with Gasteiger partial charge in [0.25, 0.3) is 0 Å². The van der Waals surface area contributed by atoms with Gasteiger partial charge in [-0.1, -0.05) is 17.7 Å². The average molecular weight is 282 g/mol. The van der Waals surface area contributed by atoms with Gasteiger partial charge in [0.2, 0.25) is 0 Å². The molecule has 0 fully saturated rings. The molecule has 1 N–H and O–H groups in total. The van der Waals surface area contributed by atoms with Crippen LogP contribution in [0.5, 0.6) is 5.75 Å². The molecule has 1 aliphatic heterocycles. The van der Waals surface area contributed by atoms with Gasteiger partial charge in [0, 0.05) is 31.9 Å². The molecular weight excluding hydrogens is 260 g/mol. The first kappa shape index (κ1) is 13.8. The van der Waals surface area contributed by atoms with Crippen LogP contribution in [0.4, 0.5) is 11.4 Å². The van der Waals surface area contributed by atoms with E-state index in [1.54, 1.807) is 0 Å². The molecule has 3 heteroatoms. The Labute approximate surface area is 126 Å². The van der Waals surface area contributed by atoms with Crippen LogP contribution in [0.3, 0.4) is 0 Å². The number of aryl methyl sites for hydroxylation is 1. The molecule has 0 amide bonds. The Bertz CT molecular complexity index is 620. The van der Waals surface area contributed by atoms with E-state index in [-0.39, 0.29) is 6.10 Å². The Morgan fingerprint density at radius 3 is 2.62 bits per heavy atom. The molecule has 1 aliphatic rings. The molecule has 110 valence electrons. The van der Waals surface area contributed by atoms with Gasteiger partial charge >= 0.3 is 0 Å². The van der Waals surface area contributed by atoms with Gasteiger partial charge in [-0.25, -0.2) is 0 Å². The van der Waals surface area contributed by atoms with Crippen molar-refractivity contribution < 1.29 is 4.74 Å². The van der Waals surface area contributed by atoms with Crippen LogP contribution >= 0.6 is 0 Å². The molecule has 2 aromatic carbocycles. The Balaban J connectivity index is 1.57. The number of rotatable bonds is 4. The third-order valence-electron chi connectivity index (χ3n) is 3.87. The molecular formula is C18H22N2O. The highest BCUT2D eigenvalue weighted by Gasteiger charge is 2.22. The van der Waals surface area contributed by atoms with E-state index in [2.05, 4.69) is 59.6 Å². The van der Waals surface area contributed by atoms with Crippen molar-refractivity contribution in [1.82, 2.24) is 0 Å². The summed E-state index contributed by atoms with van der Waals surface area (Å²) >= 11 is 0. The van der Waals surface area contributed by atoms with Crippen LogP contribution in [-0.2, 0) is 6.42 Å². The molecule has 3 rings (SSSR count). The fourth-order valence-electron chi connectivity index (χ4n) is 2.67. The monoisotopic (exact) mass is 282 g/mol. The van der Waals surface area contributed by atoms with Crippen molar-refractivity contribution in [3.05, 3.63) is 53.6 Å². The van der Waals surface area contributed by atoms with Crippen LogP contribution in [0.15, 0.2) is 42.5 Å². The van der Waals surface area contributed by atoms with Gasteiger partial charge in [-0.3, -0.25) is 0 Å². The zero-order valence-electron chi connectivity index (χ0n) is 12.9. The van der Waals surface area contributed by atoms with Crippen molar-refractivity contribution in [3.63, 3.8) is 0 Å². The van der Waals surface area contributed by atoms with Crippen LogP contribution < -0.4 is 15.0 Å². The summed E-state index contributed by atoms with van der Waals surface area (Å²) in [4.78, 5) is 2.10. The van der Waals surface area contributed by atoms with Gasteiger partial charge in [0.1, 0.15) is 11.9 Å². The number of fused-ring (bicyclic) bond motifs is 1. The summed E-state index contributed by atoms with van der Waals surface area (Å²) in [5.41, 5.74) is 4.96. The van der Waals surface area contributed by atoms with E-state index < -0.39 is 0 Å². The average Bonchev–Trinajstić information content (AvgIpc) is 2.87. The second-order valence-electron chi connectivity index (χ2n) is 5.88. The number of hydrogen-bond donors (Lipinski definition) is 1. The van der Waals surface area contributed by atoms with Gasteiger partial charge in [0.05, 0.1) is 6.54 Å². The highest BCUT2D eigenvalue weighted by Crippen LogP contribution is 2.29. The minimum Gasteiger partial charge on any atom is -0.488 e. The van der Waals surface area contributed by atoms with Gasteiger partial charge in [0.15, 0.2) is 0 Å². The number of anilines is 2. The van der Waals surface area contributed by atoms with E-state index in [1.165, 1.54) is 16.8 Å². The van der Waals surface area contributed by atoms with Crippen LogP contribution in [0.1, 0.15) is 11.1 Å². The van der Waals surface area contributed by atoms with E-state index in [0.717, 1.165) is 24.4 Å². The highest BCUT2D eigenvalue weighted by molar-refractivity contribution is 5.54. The Kier molecular flexibility index (Phi) is 3.74. The van der Waals surface area contributed by atoms with Gasteiger partial charge in [-0.15, -0.1) is 0 Å². The zero-order valence-corrected chi connectivity index (χ0v) is 12.9. The molecule has 0 aromatic heterocycles.